The van der Waals surface area contributed by atoms with E-state index in [1.165, 1.54) is 0 Å². The number of aldehydes is 1. The van der Waals surface area contributed by atoms with Gasteiger partial charge in [0.25, 0.3) is 0 Å². The highest BCUT2D eigenvalue weighted by molar-refractivity contribution is 5.98. The number of nitrogens with zero attached hydrogens (tertiary/aromatic N) is 1. The van der Waals surface area contributed by atoms with E-state index in [2.05, 4.69) is 5.32 Å². The Morgan fingerprint density at radius 1 is 1.16 bits per heavy atom. The molecule has 0 aliphatic carbocycles. The van der Waals surface area contributed by atoms with E-state index in [0.717, 1.165) is 28.5 Å². The molecule has 25 heavy (non-hydrogen) atoms. The van der Waals surface area contributed by atoms with E-state index in [-0.39, 0.29) is 19.2 Å². The van der Waals surface area contributed by atoms with Crippen molar-refractivity contribution in [1.29, 1.82) is 0 Å². The highest BCUT2D eigenvalue weighted by Gasteiger charge is 2.14. The topological polar surface area (TPSA) is 69.6 Å². The zero-order valence-electron chi connectivity index (χ0n) is 13.4. The number of ether oxygens (including phenoxy) is 2. The summed E-state index contributed by atoms with van der Waals surface area (Å²) < 4.78 is 12.4. The second kappa shape index (κ2) is 6.32. The monoisotopic (exact) mass is 336 g/mol. The van der Waals surface area contributed by atoms with Gasteiger partial charge in [0.15, 0.2) is 17.8 Å². The second-order valence-electron chi connectivity index (χ2n) is 5.81. The van der Waals surface area contributed by atoms with Gasteiger partial charge < -0.3 is 19.4 Å². The maximum absolute atomic E-state index is 12.3. The molecule has 0 radical (unpaired) electrons. The van der Waals surface area contributed by atoms with Crippen molar-refractivity contribution >= 4 is 23.1 Å². The number of fused-ring (bicyclic) bond motifs is 2. The number of rotatable bonds is 5. The van der Waals surface area contributed by atoms with Gasteiger partial charge in [0.05, 0.1) is 0 Å². The molecule has 1 aliphatic rings. The highest BCUT2D eigenvalue weighted by Crippen LogP contribution is 2.32. The van der Waals surface area contributed by atoms with Gasteiger partial charge in [0.2, 0.25) is 12.7 Å². The Balaban J connectivity index is 1.45. The van der Waals surface area contributed by atoms with Crippen LogP contribution in [0.1, 0.15) is 15.9 Å². The summed E-state index contributed by atoms with van der Waals surface area (Å²) in [7, 11) is 0. The lowest BCUT2D eigenvalue weighted by molar-refractivity contribution is -0.121. The van der Waals surface area contributed by atoms with Crippen molar-refractivity contribution in [2.75, 3.05) is 6.79 Å². The maximum atomic E-state index is 12.3. The summed E-state index contributed by atoms with van der Waals surface area (Å²) in [6.07, 6.45) is 2.52. The summed E-state index contributed by atoms with van der Waals surface area (Å²) in [5, 5.41) is 3.73. The molecule has 6 nitrogen and oxygen atoms in total. The standard InChI is InChI=1S/C19H16N2O4/c22-11-14-9-21(16-4-2-1-3-15(14)16)10-19(23)20-8-13-5-6-17-18(7-13)25-12-24-17/h1-7,9,11H,8,10,12H2,(H,20,23). The molecule has 0 saturated heterocycles. The summed E-state index contributed by atoms with van der Waals surface area (Å²) in [6.45, 7) is 0.777. The van der Waals surface area contributed by atoms with Crippen molar-refractivity contribution in [2.45, 2.75) is 13.1 Å². The minimum absolute atomic E-state index is 0.129. The predicted molar refractivity (Wildman–Crippen MR) is 91.7 cm³/mol. The molecule has 126 valence electrons. The predicted octanol–water partition coefficient (Wildman–Crippen LogP) is 2.50. The second-order valence-corrected chi connectivity index (χ2v) is 5.81. The summed E-state index contributed by atoms with van der Waals surface area (Å²) in [4.78, 5) is 23.5. The first-order chi connectivity index (χ1) is 12.2. The van der Waals surface area contributed by atoms with Crippen molar-refractivity contribution in [2.24, 2.45) is 0 Å². The third-order valence-electron chi connectivity index (χ3n) is 4.19. The Bertz CT molecular complexity index is 961. The summed E-state index contributed by atoms with van der Waals surface area (Å²) in [5.41, 5.74) is 2.38. The molecule has 2 aromatic carbocycles. The van der Waals surface area contributed by atoms with Crippen LogP contribution in [0.5, 0.6) is 11.5 Å². The van der Waals surface area contributed by atoms with Crippen LogP contribution in [0.2, 0.25) is 0 Å². The van der Waals surface area contributed by atoms with Crippen molar-refractivity contribution < 1.29 is 19.1 Å². The summed E-state index contributed by atoms with van der Waals surface area (Å²) >= 11 is 0. The largest absolute Gasteiger partial charge is 0.454 e. The number of carbonyl (C=O) groups is 2. The van der Waals surface area contributed by atoms with E-state index in [1.54, 1.807) is 10.8 Å². The molecule has 0 unspecified atom stereocenters. The molecule has 1 N–H and O–H groups in total. The van der Waals surface area contributed by atoms with Crippen LogP contribution < -0.4 is 14.8 Å². The average molecular weight is 336 g/mol. The van der Waals surface area contributed by atoms with Gasteiger partial charge in [-0.3, -0.25) is 9.59 Å². The van der Waals surface area contributed by atoms with Crippen LogP contribution in [-0.4, -0.2) is 23.6 Å². The molecule has 0 bridgehead atoms. The Kier molecular flexibility index (Phi) is 3.85. The van der Waals surface area contributed by atoms with Gasteiger partial charge in [-0.15, -0.1) is 0 Å². The first-order valence-electron chi connectivity index (χ1n) is 7.93. The number of nitrogens with one attached hydrogen (secondary N) is 1. The van der Waals surface area contributed by atoms with E-state index in [1.807, 2.05) is 42.5 Å². The fraction of sp³-hybridized carbons (Fsp3) is 0.158. The Morgan fingerprint density at radius 3 is 2.88 bits per heavy atom. The van der Waals surface area contributed by atoms with Crippen molar-refractivity contribution in [3.05, 3.63) is 59.8 Å². The Morgan fingerprint density at radius 2 is 2.00 bits per heavy atom. The maximum Gasteiger partial charge on any atom is 0.240 e. The molecule has 0 fully saturated rings. The third-order valence-corrected chi connectivity index (χ3v) is 4.19. The van der Waals surface area contributed by atoms with Crippen LogP contribution in [-0.2, 0) is 17.9 Å². The fourth-order valence-corrected chi connectivity index (χ4v) is 2.96. The van der Waals surface area contributed by atoms with Gasteiger partial charge in [-0.25, -0.2) is 0 Å². The zero-order valence-corrected chi connectivity index (χ0v) is 13.4. The molecule has 4 rings (SSSR count). The van der Waals surface area contributed by atoms with Gasteiger partial charge in [0, 0.05) is 29.2 Å². The van der Waals surface area contributed by atoms with Gasteiger partial charge >= 0.3 is 0 Å². The van der Waals surface area contributed by atoms with Crippen LogP contribution in [0.15, 0.2) is 48.7 Å². The minimum Gasteiger partial charge on any atom is -0.454 e. The number of benzene rings is 2. The molecule has 6 heteroatoms. The number of para-hydroxylation sites is 1. The molecular weight excluding hydrogens is 320 g/mol. The lowest BCUT2D eigenvalue weighted by Gasteiger charge is -2.08. The Labute approximate surface area is 144 Å². The number of hydrogen-bond donors (Lipinski definition) is 1. The molecule has 0 saturated carbocycles. The van der Waals surface area contributed by atoms with E-state index >= 15 is 0 Å². The number of hydrogen-bond acceptors (Lipinski definition) is 4. The van der Waals surface area contributed by atoms with Gasteiger partial charge in [-0.1, -0.05) is 24.3 Å². The van der Waals surface area contributed by atoms with Crippen LogP contribution in [0.3, 0.4) is 0 Å². The van der Waals surface area contributed by atoms with Gasteiger partial charge in [-0.05, 0) is 23.8 Å². The highest BCUT2D eigenvalue weighted by atomic mass is 16.7. The van der Waals surface area contributed by atoms with E-state index in [0.29, 0.717) is 17.9 Å². The average Bonchev–Trinajstić information content (AvgIpc) is 3.24. The smallest absolute Gasteiger partial charge is 0.240 e. The fourth-order valence-electron chi connectivity index (χ4n) is 2.96. The zero-order chi connectivity index (χ0) is 17.2. The van der Waals surface area contributed by atoms with Crippen molar-refractivity contribution in [3.63, 3.8) is 0 Å². The number of aromatic nitrogens is 1. The van der Waals surface area contributed by atoms with Crippen LogP contribution >= 0.6 is 0 Å². The summed E-state index contributed by atoms with van der Waals surface area (Å²) in [6, 6.07) is 13.1. The minimum atomic E-state index is -0.129. The Hall–Kier alpha value is -3.28. The molecule has 1 amide bonds. The van der Waals surface area contributed by atoms with Crippen molar-refractivity contribution in [1.82, 2.24) is 9.88 Å². The molecule has 1 aromatic heterocycles. The molecule has 3 aromatic rings. The van der Waals surface area contributed by atoms with E-state index in [4.69, 9.17) is 9.47 Å². The van der Waals surface area contributed by atoms with E-state index < -0.39 is 0 Å². The molecule has 2 heterocycles. The van der Waals surface area contributed by atoms with Crippen LogP contribution in [0.25, 0.3) is 10.9 Å². The molecule has 1 aliphatic heterocycles. The first-order valence-corrected chi connectivity index (χ1v) is 7.93. The molecular formula is C19H16N2O4. The van der Waals surface area contributed by atoms with Crippen LogP contribution in [0.4, 0.5) is 0 Å². The normalized spacial score (nSPS) is 12.3. The first kappa shape index (κ1) is 15.3. The van der Waals surface area contributed by atoms with Crippen molar-refractivity contribution in [3.8, 4) is 11.5 Å². The molecule has 0 spiro atoms. The summed E-state index contributed by atoms with van der Waals surface area (Å²) in [5.74, 6) is 1.28. The third kappa shape index (κ3) is 2.94. The van der Waals surface area contributed by atoms with Gasteiger partial charge in [0.1, 0.15) is 6.54 Å². The lowest BCUT2D eigenvalue weighted by Crippen LogP contribution is -2.26. The number of carbonyl (C=O) groups excluding carboxylic acids is 2. The molecule has 0 atom stereocenters. The van der Waals surface area contributed by atoms with Gasteiger partial charge in [-0.2, -0.15) is 0 Å². The lowest BCUT2D eigenvalue weighted by atomic mass is 10.2. The SMILES string of the molecule is O=Cc1cn(CC(=O)NCc2ccc3c(c2)OCO3)c2ccccc12. The van der Waals surface area contributed by atoms with E-state index in [9.17, 15) is 9.59 Å². The quantitative estimate of drug-likeness (QED) is 0.727. The number of amides is 1. The van der Waals surface area contributed by atoms with Crippen LogP contribution in [0, 0.1) is 0 Å².